The summed E-state index contributed by atoms with van der Waals surface area (Å²) in [5, 5.41) is 14.6. The smallest absolute Gasteiger partial charge is 0.425 e. The van der Waals surface area contributed by atoms with Crippen molar-refractivity contribution in [2.45, 2.75) is 61.9 Å². The van der Waals surface area contributed by atoms with Crippen LogP contribution in [0.3, 0.4) is 0 Å². The van der Waals surface area contributed by atoms with Gasteiger partial charge in [-0.25, -0.2) is 27.6 Å². The Kier molecular flexibility index (Phi) is 16.5. The number of carbonyl (C=O) groups excluding carboxylic acids is 3. The first-order valence-electron chi connectivity index (χ1n) is 17.5. The molecule has 1 saturated heterocycles. The molecular weight excluding hydrogens is 758 g/mol. The van der Waals surface area contributed by atoms with E-state index in [0.29, 0.717) is 24.7 Å². The molecule has 3 aromatic rings. The van der Waals surface area contributed by atoms with E-state index in [1.165, 1.54) is 54.2 Å². The van der Waals surface area contributed by atoms with Gasteiger partial charge < -0.3 is 33.9 Å². The Bertz CT molecular complexity index is 1880. The minimum Gasteiger partial charge on any atom is -0.425 e. The van der Waals surface area contributed by atoms with Crippen LogP contribution in [0.15, 0.2) is 67.3 Å². The van der Waals surface area contributed by atoms with Crippen molar-refractivity contribution in [3.05, 3.63) is 101 Å². The molecule has 0 spiro atoms. The number of ether oxygens (including phenoxy) is 5. The highest BCUT2D eigenvalue weighted by atomic mass is 32.2. The average molecular weight is 801 g/mol. The molecule has 4 rings (SSSR count). The van der Waals surface area contributed by atoms with Crippen LogP contribution < -0.4 is 5.32 Å². The Labute approximate surface area is 326 Å². The van der Waals surface area contributed by atoms with E-state index in [2.05, 4.69) is 15.4 Å². The van der Waals surface area contributed by atoms with Crippen molar-refractivity contribution in [1.29, 1.82) is 5.26 Å². The number of amides is 1. The van der Waals surface area contributed by atoms with Crippen LogP contribution in [-0.2, 0) is 45.4 Å². The number of likely N-dealkylation sites (N-methyl/N-ethyl adjacent to an activating group) is 1. The molecule has 1 N–H and O–H groups in total. The first-order valence-corrected chi connectivity index (χ1v) is 18.4. The highest BCUT2D eigenvalue weighted by molar-refractivity contribution is 8.00. The number of thioether (sulfide) groups is 1. The summed E-state index contributed by atoms with van der Waals surface area (Å²) in [4.78, 5) is 43.7. The maximum Gasteiger partial charge on any atom is 0.512 e. The molecule has 2 heterocycles. The summed E-state index contributed by atoms with van der Waals surface area (Å²) >= 11 is 1.24. The normalized spacial score (nSPS) is 17.9. The Morgan fingerprint density at radius 1 is 1.09 bits per heavy atom. The van der Waals surface area contributed by atoms with Gasteiger partial charge in [-0.1, -0.05) is 24.3 Å². The first-order chi connectivity index (χ1) is 26.8. The molecule has 0 saturated carbocycles. The predicted octanol–water partition coefficient (Wildman–Crippen LogP) is 5.10. The van der Waals surface area contributed by atoms with E-state index in [4.69, 9.17) is 28.9 Å². The number of allylic oxidation sites excluding steroid dienone is 2. The van der Waals surface area contributed by atoms with Gasteiger partial charge in [0.05, 0.1) is 43.1 Å². The van der Waals surface area contributed by atoms with Crippen LogP contribution in [-0.4, -0.2) is 101 Å². The van der Waals surface area contributed by atoms with Crippen molar-refractivity contribution in [1.82, 2.24) is 25.0 Å². The van der Waals surface area contributed by atoms with Crippen LogP contribution in [0.1, 0.15) is 43.4 Å². The summed E-state index contributed by atoms with van der Waals surface area (Å²) < 4.78 is 73.5. The Morgan fingerprint density at radius 2 is 1.86 bits per heavy atom. The van der Waals surface area contributed by atoms with Crippen LogP contribution >= 0.6 is 11.8 Å². The van der Waals surface area contributed by atoms with E-state index >= 15 is 4.39 Å². The van der Waals surface area contributed by atoms with E-state index in [1.807, 2.05) is 25.1 Å². The van der Waals surface area contributed by atoms with Gasteiger partial charge in [0.25, 0.3) is 0 Å². The van der Waals surface area contributed by atoms with Gasteiger partial charge in [-0.3, -0.25) is 9.59 Å². The molecule has 300 valence electrons. The zero-order chi connectivity index (χ0) is 40.7. The quantitative estimate of drug-likeness (QED) is 0.103. The zero-order valence-electron chi connectivity index (χ0n) is 31.2. The number of carbonyl (C=O) groups is 3. The number of halogens is 3. The van der Waals surface area contributed by atoms with Gasteiger partial charge in [-0.15, -0.1) is 11.8 Å². The largest absolute Gasteiger partial charge is 0.512 e. The Morgan fingerprint density at radius 3 is 2.52 bits per heavy atom. The lowest BCUT2D eigenvalue weighted by Crippen LogP contribution is -2.47. The number of nitrogens with zero attached hydrogens (tertiary/aromatic N) is 5. The fourth-order valence-electron chi connectivity index (χ4n) is 5.42. The zero-order valence-corrected chi connectivity index (χ0v) is 32.0. The van der Waals surface area contributed by atoms with Gasteiger partial charge in [0.15, 0.2) is 11.9 Å². The molecular formula is C38H43F3N6O8S. The van der Waals surface area contributed by atoms with Crippen molar-refractivity contribution >= 4 is 35.9 Å². The van der Waals surface area contributed by atoms with Crippen LogP contribution in [0.5, 0.6) is 0 Å². The fraction of sp³-hybridized carbons (Fsp3) is 0.421. The molecule has 1 aromatic heterocycles. The van der Waals surface area contributed by atoms with E-state index in [0.717, 1.165) is 18.2 Å². The molecule has 2 aromatic carbocycles. The van der Waals surface area contributed by atoms with E-state index in [-0.39, 0.29) is 54.9 Å². The van der Waals surface area contributed by atoms with E-state index in [9.17, 15) is 23.2 Å². The molecule has 0 radical (unpaired) electrons. The minimum atomic E-state index is -1.91. The lowest BCUT2D eigenvalue weighted by molar-refractivity contribution is -0.172. The van der Waals surface area contributed by atoms with Crippen molar-refractivity contribution in [2.24, 2.45) is 0 Å². The summed E-state index contributed by atoms with van der Waals surface area (Å²) in [6.07, 6.45) is 4.99. The molecule has 0 bridgehead atoms. The van der Waals surface area contributed by atoms with Crippen molar-refractivity contribution < 1.29 is 51.2 Å². The van der Waals surface area contributed by atoms with Gasteiger partial charge in [0, 0.05) is 48.9 Å². The number of hydrogen-bond acceptors (Lipinski definition) is 13. The molecule has 0 aliphatic carbocycles. The van der Waals surface area contributed by atoms with E-state index in [1.54, 1.807) is 25.2 Å². The van der Waals surface area contributed by atoms with Gasteiger partial charge in [-0.05, 0) is 51.4 Å². The van der Waals surface area contributed by atoms with E-state index < -0.39 is 53.0 Å². The second-order valence-electron chi connectivity index (χ2n) is 12.8. The Balaban J connectivity index is 1.43. The van der Waals surface area contributed by atoms with Crippen LogP contribution in [0, 0.1) is 28.8 Å². The summed E-state index contributed by atoms with van der Waals surface area (Å²) in [5.74, 6) is -3.57. The van der Waals surface area contributed by atoms with Crippen molar-refractivity contribution in [3.63, 3.8) is 0 Å². The third-order valence-corrected chi connectivity index (χ3v) is 9.69. The van der Waals surface area contributed by atoms with Crippen LogP contribution in [0.25, 0.3) is 6.08 Å². The summed E-state index contributed by atoms with van der Waals surface area (Å²) in [5.41, 5.74) is -1.60. The number of nitriles is 1. The van der Waals surface area contributed by atoms with Gasteiger partial charge in [-0.2, -0.15) is 10.4 Å². The minimum absolute atomic E-state index is 0.146. The molecule has 1 amide bonds. The molecule has 1 aliphatic rings. The second kappa shape index (κ2) is 21.2. The van der Waals surface area contributed by atoms with Crippen LogP contribution in [0.4, 0.5) is 18.0 Å². The molecule has 3 atom stereocenters. The third-order valence-electron chi connectivity index (χ3n) is 8.24. The molecule has 56 heavy (non-hydrogen) atoms. The predicted molar refractivity (Wildman–Crippen MR) is 198 cm³/mol. The lowest BCUT2D eigenvalue weighted by Gasteiger charge is -2.40. The number of hydrogen-bond donors (Lipinski definition) is 1. The monoisotopic (exact) mass is 800 g/mol. The highest BCUT2D eigenvalue weighted by Gasteiger charge is 2.47. The summed E-state index contributed by atoms with van der Waals surface area (Å²) in [6, 6.07) is 8.87. The highest BCUT2D eigenvalue weighted by Crippen LogP contribution is 2.42. The number of esters is 1. The maximum absolute atomic E-state index is 15.7. The fourth-order valence-corrected chi connectivity index (χ4v) is 6.79. The van der Waals surface area contributed by atoms with Gasteiger partial charge in [0.1, 0.15) is 30.1 Å². The number of rotatable bonds is 18. The Hall–Kier alpha value is -5.22. The molecule has 3 unspecified atom stereocenters. The summed E-state index contributed by atoms with van der Waals surface area (Å²) in [7, 11) is 3.71. The number of nitrogens with one attached hydrogen (secondary N) is 1. The maximum atomic E-state index is 15.7. The molecule has 1 fully saturated rings. The summed E-state index contributed by atoms with van der Waals surface area (Å²) in [6.45, 7) is 3.99. The lowest BCUT2D eigenvalue weighted by atomic mass is 9.89. The van der Waals surface area contributed by atoms with Crippen molar-refractivity contribution in [3.8, 4) is 6.07 Å². The number of benzene rings is 2. The van der Waals surface area contributed by atoms with Gasteiger partial charge in [0.2, 0.25) is 12.2 Å². The van der Waals surface area contributed by atoms with Crippen molar-refractivity contribution in [2.75, 3.05) is 40.4 Å². The molecule has 14 nitrogen and oxygen atoms in total. The number of aromatic nitrogens is 3. The third kappa shape index (κ3) is 13.2. The topological polar surface area (TPSA) is 167 Å². The second-order valence-corrected chi connectivity index (χ2v) is 14.5. The first kappa shape index (κ1) is 43.5. The SMILES string of the molecule is CC(OC(=O)CCC(=O)NCCN(C)C)OC(=O)OC(Cn1cncn1)(c1ccc(F)cc1F)C(C)SC1COC(C=CC=Cc2ccc(C#N)cc2F)OC1. The molecule has 18 heteroatoms. The van der Waals surface area contributed by atoms with Gasteiger partial charge >= 0.3 is 12.1 Å². The van der Waals surface area contributed by atoms with Crippen LogP contribution in [0.2, 0.25) is 0 Å². The molecule has 1 aliphatic heterocycles. The standard InChI is InChI=1S/C38H43F3N6O8S/c1-25(56-30-20-51-36(52-21-30)8-6-5-7-28-10-9-27(19-42)17-32(28)40)38(22-47-24-43-23-45-47,31-12-11-29(39)18-33(31)41)55-37(50)54-26(2)53-35(49)14-13-34(48)44-15-16-46(3)4/h5-12,17-18,23-26,30,36H,13-16,20-22H2,1-4H3,(H,44,48). The average Bonchev–Trinajstić information content (AvgIpc) is 3.66.